The fourth-order valence-corrected chi connectivity index (χ4v) is 4.48. The van der Waals surface area contributed by atoms with Crippen LogP contribution in [0.25, 0.3) is 0 Å². The predicted octanol–water partition coefficient (Wildman–Crippen LogP) is -0.711. The molecule has 3 rings (SSSR count). The van der Waals surface area contributed by atoms with Gasteiger partial charge in [0.1, 0.15) is 0 Å². The molecule has 2 aliphatic heterocycles. The zero-order chi connectivity index (χ0) is 16.1. The van der Waals surface area contributed by atoms with Gasteiger partial charge in [-0.1, -0.05) is 0 Å². The largest absolute Gasteiger partial charge is 0.379 e. The number of aromatic nitrogens is 1. The first-order chi connectivity index (χ1) is 11.3. The van der Waals surface area contributed by atoms with Crippen LogP contribution in [0.15, 0.2) is 11.7 Å². The van der Waals surface area contributed by atoms with Gasteiger partial charge in [0.15, 0.2) is 0 Å². The molecule has 0 aromatic carbocycles. The Labute approximate surface area is 141 Å². The molecule has 2 atom stereocenters. The lowest BCUT2D eigenvalue weighted by molar-refractivity contribution is -0.0401. The molecule has 2 saturated heterocycles. The fourth-order valence-electron chi connectivity index (χ4n) is 3.56. The lowest BCUT2D eigenvalue weighted by Crippen LogP contribution is -2.66. The highest BCUT2D eigenvalue weighted by Gasteiger charge is 2.45. The summed E-state index contributed by atoms with van der Waals surface area (Å²) >= 11 is 1.64. The van der Waals surface area contributed by atoms with Gasteiger partial charge in [-0.25, -0.2) is 0 Å². The molecule has 130 valence electrons. The van der Waals surface area contributed by atoms with Crippen molar-refractivity contribution in [2.75, 3.05) is 65.7 Å². The van der Waals surface area contributed by atoms with Crippen molar-refractivity contribution in [3.05, 3.63) is 16.6 Å². The van der Waals surface area contributed by atoms with Crippen LogP contribution in [-0.2, 0) is 15.0 Å². The third kappa shape index (κ3) is 3.58. The molecule has 7 nitrogen and oxygen atoms in total. The molecule has 1 aromatic heterocycles. The number of thiazole rings is 1. The van der Waals surface area contributed by atoms with Crippen molar-refractivity contribution in [1.29, 1.82) is 0 Å². The minimum Gasteiger partial charge on any atom is -0.379 e. The monoisotopic (exact) mass is 341 g/mol. The minimum absolute atomic E-state index is 0.0795. The molecule has 1 aromatic rings. The Morgan fingerprint density at radius 1 is 1.17 bits per heavy atom. The van der Waals surface area contributed by atoms with Crippen LogP contribution in [0.3, 0.4) is 0 Å². The Bertz CT molecular complexity index is 462. The van der Waals surface area contributed by atoms with Gasteiger partial charge in [0, 0.05) is 56.4 Å². The number of rotatable bonds is 6. The molecule has 0 saturated carbocycles. The Morgan fingerprint density at radius 3 is 2.39 bits per heavy atom. The molecular formula is C15H27N5O2S. The first kappa shape index (κ1) is 17.2. The highest BCUT2D eigenvalue weighted by molar-refractivity contribution is 7.09. The third-order valence-electron chi connectivity index (χ3n) is 4.92. The minimum atomic E-state index is -0.372. The van der Waals surface area contributed by atoms with Crippen LogP contribution in [0.1, 0.15) is 4.88 Å². The molecule has 3 heterocycles. The Hall–Kier alpha value is -0.610. The van der Waals surface area contributed by atoms with E-state index < -0.39 is 0 Å². The molecule has 0 spiro atoms. The van der Waals surface area contributed by atoms with E-state index in [0.717, 1.165) is 64.0 Å². The summed E-state index contributed by atoms with van der Waals surface area (Å²) in [5.74, 6) is 0. The molecule has 2 unspecified atom stereocenters. The SMILES string of the molecule is NCC(c1cncs1)(C(N)CN1CCOCC1)N1CCOCC1. The number of hydrogen-bond donors (Lipinski definition) is 2. The van der Waals surface area contributed by atoms with Gasteiger partial charge < -0.3 is 20.9 Å². The van der Waals surface area contributed by atoms with E-state index in [9.17, 15) is 0 Å². The van der Waals surface area contributed by atoms with Crippen molar-refractivity contribution >= 4 is 11.3 Å². The maximum atomic E-state index is 6.75. The van der Waals surface area contributed by atoms with Gasteiger partial charge in [0.25, 0.3) is 0 Å². The summed E-state index contributed by atoms with van der Waals surface area (Å²) in [5, 5.41) is 0. The highest BCUT2D eigenvalue weighted by atomic mass is 32.1. The molecule has 0 aliphatic carbocycles. The Morgan fingerprint density at radius 2 is 1.83 bits per heavy atom. The van der Waals surface area contributed by atoms with Crippen molar-refractivity contribution in [2.24, 2.45) is 11.5 Å². The zero-order valence-electron chi connectivity index (χ0n) is 13.5. The molecule has 8 heteroatoms. The second-order valence-corrected chi connectivity index (χ2v) is 7.00. The van der Waals surface area contributed by atoms with Crippen LogP contribution < -0.4 is 11.5 Å². The van der Waals surface area contributed by atoms with E-state index in [1.807, 2.05) is 11.7 Å². The van der Waals surface area contributed by atoms with E-state index in [2.05, 4.69) is 14.8 Å². The summed E-state index contributed by atoms with van der Waals surface area (Å²) < 4.78 is 11.0. The second kappa shape index (κ2) is 7.98. The molecule has 2 fully saturated rings. The Kier molecular flexibility index (Phi) is 5.97. The molecule has 4 N–H and O–H groups in total. The number of ether oxygens (including phenoxy) is 2. The van der Waals surface area contributed by atoms with E-state index in [1.165, 1.54) is 0 Å². The van der Waals surface area contributed by atoms with E-state index in [-0.39, 0.29) is 11.6 Å². The maximum Gasteiger partial charge on any atom is 0.0860 e. The maximum absolute atomic E-state index is 6.75. The van der Waals surface area contributed by atoms with Crippen LogP contribution in [0.5, 0.6) is 0 Å². The van der Waals surface area contributed by atoms with Gasteiger partial charge in [-0.2, -0.15) is 0 Å². The lowest BCUT2D eigenvalue weighted by Gasteiger charge is -2.49. The normalized spacial score (nSPS) is 25.1. The van der Waals surface area contributed by atoms with Gasteiger partial charge in [-0.05, 0) is 0 Å². The number of nitrogens with zero attached hydrogens (tertiary/aromatic N) is 3. The smallest absolute Gasteiger partial charge is 0.0860 e. The average molecular weight is 341 g/mol. The topological polar surface area (TPSA) is 89.9 Å². The summed E-state index contributed by atoms with van der Waals surface area (Å²) in [7, 11) is 0. The standard InChI is InChI=1S/C15H27N5O2S/c16-11-15(14-9-18-12-23-14,20-3-7-22-8-4-20)13(17)10-19-1-5-21-6-2-19/h9,12-13H,1-8,10-11,16-17H2. The number of hydrogen-bond acceptors (Lipinski definition) is 8. The van der Waals surface area contributed by atoms with Crippen LogP contribution in [0, 0.1) is 0 Å². The van der Waals surface area contributed by atoms with Crippen molar-refractivity contribution in [1.82, 2.24) is 14.8 Å². The quantitative estimate of drug-likeness (QED) is 0.706. The van der Waals surface area contributed by atoms with Crippen molar-refractivity contribution in [2.45, 2.75) is 11.6 Å². The molecule has 2 aliphatic rings. The van der Waals surface area contributed by atoms with E-state index in [4.69, 9.17) is 20.9 Å². The summed E-state index contributed by atoms with van der Waals surface area (Å²) in [6, 6.07) is -0.0795. The summed E-state index contributed by atoms with van der Waals surface area (Å²) in [6.07, 6.45) is 1.92. The number of morpholine rings is 2. The van der Waals surface area contributed by atoms with Gasteiger partial charge in [-0.3, -0.25) is 14.8 Å². The zero-order valence-corrected chi connectivity index (χ0v) is 14.3. The van der Waals surface area contributed by atoms with Crippen molar-refractivity contribution in [3.8, 4) is 0 Å². The van der Waals surface area contributed by atoms with Crippen molar-refractivity contribution in [3.63, 3.8) is 0 Å². The fraction of sp³-hybridized carbons (Fsp3) is 0.800. The highest BCUT2D eigenvalue weighted by Crippen LogP contribution is 2.34. The van der Waals surface area contributed by atoms with Crippen LogP contribution in [0.2, 0.25) is 0 Å². The average Bonchev–Trinajstić information content (AvgIpc) is 3.13. The van der Waals surface area contributed by atoms with Crippen LogP contribution in [-0.4, -0.2) is 86.5 Å². The van der Waals surface area contributed by atoms with Gasteiger partial charge in [0.2, 0.25) is 0 Å². The molecule has 0 radical (unpaired) electrons. The summed E-state index contributed by atoms with van der Waals surface area (Å²) in [6.45, 7) is 7.88. The molecule has 0 amide bonds. The van der Waals surface area contributed by atoms with Crippen molar-refractivity contribution < 1.29 is 9.47 Å². The predicted molar refractivity (Wildman–Crippen MR) is 90.5 cm³/mol. The molecule has 0 bridgehead atoms. The first-order valence-corrected chi connectivity index (χ1v) is 9.13. The van der Waals surface area contributed by atoms with Crippen LogP contribution >= 0.6 is 11.3 Å². The second-order valence-electron chi connectivity index (χ2n) is 6.11. The first-order valence-electron chi connectivity index (χ1n) is 8.25. The van der Waals surface area contributed by atoms with Gasteiger partial charge in [0.05, 0.1) is 37.5 Å². The Balaban J connectivity index is 1.83. The van der Waals surface area contributed by atoms with Gasteiger partial charge in [-0.15, -0.1) is 11.3 Å². The number of nitrogens with two attached hydrogens (primary N) is 2. The van der Waals surface area contributed by atoms with Crippen LogP contribution in [0.4, 0.5) is 0 Å². The third-order valence-corrected chi connectivity index (χ3v) is 5.86. The van der Waals surface area contributed by atoms with E-state index in [0.29, 0.717) is 6.54 Å². The summed E-state index contributed by atoms with van der Waals surface area (Å²) in [4.78, 5) is 10.2. The molecular weight excluding hydrogens is 314 g/mol. The summed E-state index contributed by atoms with van der Waals surface area (Å²) in [5.41, 5.74) is 14.6. The van der Waals surface area contributed by atoms with Gasteiger partial charge >= 0.3 is 0 Å². The molecule has 23 heavy (non-hydrogen) atoms. The van der Waals surface area contributed by atoms with E-state index in [1.54, 1.807) is 11.3 Å². The van der Waals surface area contributed by atoms with E-state index >= 15 is 0 Å². The lowest BCUT2D eigenvalue weighted by atomic mass is 9.86.